The fourth-order valence-electron chi connectivity index (χ4n) is 2.64. The van der Waals surface area contributed by atoms with Crippen molar-refractivity contribution in [3.05, 3.63) is 58.6 Å². The van der Waals surface area contributed by atoms with Crippen LogP contribution in [-0.4, -0.2) is 11.8 Å². The van der Waals surface area contributed by atoms with Crippen LogP contribution in [0.1, 0.15) is 17.5 Å². The predicted octanol–water partition coefficient (Wildman–Crippen LogP) is 4.17. The van der Waals surface area contributed by atoms with E-state index in [0.29, 0.717) is 11.4 Å². The highest BCUT2D eigenvalue weighted by Crippen LogP contribution is 2.40. The minimum absolute atomic E-state index is 0.105. The first kappa shape index (κ1) is 16.5. The summed E-state index contributed by atoms with van der Waals surface area (Å²) in [7, 11) is 0. The number of halogens is 1. The van der Waals surface area contributed by atoms with Crippen molar-refractivity contribution in [1.29, 1.82) is 0 Å². The van der Waals surface area contributed by atoms with E-state index in [1.54, 1.807) is 18.2 Å². The number of carbonyl (C=O) groups is 2. The highest BCUT2D eigenvalue weighted by atomic mass is 35.5. The summed E-state index contributed by atoms with van der Waals surface area (Å²) in [5.74, 6) is -0.763. The van der Waals surface area contributed by atoms with Crippen molar-refractivity contribution >= 4 is 34.8 Å². The van der Waals surface area contributed by atoms with Gasteiger partial charge >= 0.3 is 0 Å². The Kier molecular flexibility index (Phi) is 4.58. The average Bonchev–Trinajstić information content (AvgIpc) is 3.33. The number of aryl methyl sites for hydroxylation is 2. The second-order valence-electron chi connectivity index (χ2n) is 6.25. The summed E-state index contributed by atoms with van der Waals surface area (Å²) < 4.78 is 0. The maximum absolute atomic E-state index is 12.3. The van der Waals surface area contributed by atoms with Crippen LogP contribution in [-0.2, 0) is 9.59 Å². The molecule has 2 unspecified atom stereocenters. The summed E-state index contributed by atoms with van der Waals surface area (Å²) in [6, 6.07) is 12.9. The Morgan fingerprint density at radius 2 is 1.58 bits per heavy atom. The molecule has 2 N–H and O–H groups in total. The van der Waals surface area contributed by atoms with E-state index in [2.05, 4.69) is 10.6 Å². The van der Waals surface area contributed by atoms with Crippen molar-refractivity contribution in [2.45, 2.75) is 20.3 Å². The number of amides is 2. The standard InChI is InChI=1S/C19H19ClN2O2/c1-11-3-6-14(7-4-11)21-18(23)15-10-16(15)19(24)22-17-8-5-13(20)9-12(17)2/h3-9,15-16H,10H2,1-2H3,(H,21,23)(H,22,24). The number of hydrogen-bond donors (Lipinski definition) is 2. The first-order valence-corrected chi connectivity index (χ1v) is 8.26. The monoisotopic (exact) mass is 342 g/mol. The minimum Gasteiger partial charge on any atom is -0.326 e. The van der Waals surface area contributed by atoms with Gasteiger partial charge in [-0.2, -0.15) is 0 Å². The Hall–Kier alpha value is -2.33. The molecule has 2 aromatic rings. The van der Waals surface area contributed by atoms with Gasteiger partial charge in [0, 0.05) is 16.4 Å². The third-order valence-electron chi connectivity index (χ3n) is 4.23. The molecule has 3 rings (SSSR count). The molecule has 1 aliphatic carbocycles. The van der Waals surface area contributed by atoms with Gasteiger partial charge in [-0.15, -0.1) is 0 Å². The molecule has 124 valence electrons. The number of anilines is 2. The number of hydrogen-bond acceptors (Lipinski definition) is 2. The van der Waals surface area contributed by atoms with Gasteiger partial charge in [0.25, 0.3) is 0 Å². The lowest BCUT2D eigenvalue weighted by Crippen LogP contribution is -2.20. The van der Waals surface area contributed by atoms with Gasteiger partial charge in [-0.25, -0.2) is 0 Å². The lowest BCUT2D eigenvalue weighted by atomic mass is 10.2. The number of benzene rings is 2. The molecule has 1 fully saturated rings. The molecule has 0 saturated heterocycles. The summed E-state index contributed by atoms with van der Waals surface area (Å²) in [5, 5.41) is 6.37. The van der Waals surface area contributed by atoms with Crippen molar-refractivity contribution in [2.24, 2.45) is 11.8 Å². The molecular weight excluding hydrogens is 324 g/mol. The molecule has 1 aliphatic rings. The van der Waals surface area contributed by atoms with Gasteiger partial charge in [0.2, 0.25) is 11.8 Å². The van der Waals surface area contributed by atoms with E-state index in [0.717, 1.165) is 22.5 Å². The molecule has 0 spiro atoms. The van der Waals surface area contributed by atoms with Gasteiger partial charge in [0.05, 0.1) is 11.8 Å². The topological polar surface area (TPSA) is 58.2 Å². The highest BCUT2D eigenvalue weighted by Gasteiger charge is 2.48. The molecular formula is C19H19ClN2O2. The highest BCUT2D eigenvalue weighted by molar-refractivity contribution is 6.30. The second kappa shape index (κ2) is 6.65. The van der Waals surface area contributed by atoms with Gasteiger partial charge < -0.3 is 10.6 Å². The van der Waals surface area contributed by atoms with Crippen LogP contribution in [0, 0.1) is 25.7 Å². The van der Waals surface area contributed by atoms with E-state index in [1.807, 2.05) is 38.1 Å². The van der Waals surface area contributed by atoms with Crippen LogP contribution in [0.4, 0.5) is 11.4 Å². The van der Waals surface area contributed by atoms with Crippen molar-refractivity contribution in [3.63, 3.8) is 0 Å². The minimum atomic E-state index is -0.273. The maximum atomic E-state index is 12.3. The van der Waals surface area contributed by atoms with Crippen LogP contribution in [0.25, 0.3) is 0 Å². The van der Waals surface area contributed by atoms with Crippen LogP contribution in [0.3, 0.4) is 0 Å². The summed E-state index contributed by atoms with van der Waals surface area (Å²) in [6.07, 6.45) is 0.580. The zero-order valence-electron chi connectivity index (χ0n) is 13.6. The van der Waals surface area contributed by atoms with E-state index < -0.39 is 0 Å². The Bertz CT molecular complexity index is 786. The quantitative estimate of drug-likeness (QED) is 0.876. The molecule has 0 heterocycles. The fourth-order valence-corrected chi connectivity index (χ4v) is 2.87. The third kappa shape index (κ3) is 3.77. The van der Waals surface area contributed by atoms with E-state index in [1.165, 1.54) is 0 Å². The summed E-state index contributed by atoms with van der Waals surface area (Å²) in [5.41, 5.74) is 3.52. The third-order valence-corrected chi connectivity index (χ3v) is 4.46. The van der Waals surface area contributed by atoms with E-state index in [4.69, 9.17) is 11.6 Å². The van der Waals surface area contributed by atoms with Gasteiger partial charge in [-0.3, -0.25) is 9.59 Å². The SMILES string of the molecule is Cc1ccc(NC(=O)C2CC2C(=O)Nc2ccc(Cl)cc2C)cc1. The Balaban J connectivity index is 1.57. The van der Waals surface area contributed by atoms with Crippen LogP contribution in [0.15, 0.2) is 42.5 Å². The summed E-state index contributed by atoms with van der Waals surface area (Å²) >= 11 is 5.91. The normalized spacial score (nSPS) is 18.8. The maximum Gasteiger partial charge on any atom is 0.228 e. The molecule has 2 aromatic carbocycles. The Morgan fingerprint density at radius 1 is 0.958 bits per heavy atom. The van der Waals surface area contributed by atoms with Crippen molar-refractivity contribution in [2.75, 3.05) is 10.6 Å². The van der Waals surface area contributed by atoms with Crippen LogP contribution < -0.4 is 10.6 Å². The molecule has 0 bridgehead atoms. The van der Waals surface area contributed by atoms with E-state index >= 15 is 0 Å². The Morgan fingerprint density at radius 3 is 2.21 bits per heavy atom. The average molecular weight is 343 g/mol. The molecule has 4 nitrogen and oxygen atoms in total. The van der Waals surface area contributed by atoms with Crippen molar-refractivity contribution in [3.8, 4) is 0 Å². The molecule has 24 heavy (non-hydrogen) atoms. The van der Waals surface area contributed by atoms with Crippen LogP contribution in [0.2, 0.25) is 5.02 Å². The van der Waals surface area contributed by atoms with Crippen LogP contribution >= 0.6 is 11.6 Å². The largest absolute Gasteiger partial charge is 0.326 e. The van der Waals surface area contributed by atoms with Crippen LogP contribution in [0.5, 0.6) is 0 Å². The first-order chi connectivity index (χ1) is 11.4. The van der Waals surface area contributed by atoms with Gasteiger partial charge in [0.1, 0.15) is 0 Å². The van der Waals surface area contributed by atoms with E-state index in [-0.39, 0.29) is 23.7 Å². The molecule has 2 amide bonds. The number of carbonyl (C=O) groups excluding carboxylic acids is 2. The number of nitrogens with one attached hydrogen (secondary N) is 2. The lowest BCUT2D eigenvalue weighted by molar-refractivity contribution is -0.122. The zero-order chi connectivity index (χ0) is 17.3. The van der Waals surface area contributed by atoms with Crippen molar-refractivity contribution in [1.82, 2.24) is 0 Å². The fraction of sp³-hybridized carbons (Fsp3) is 0.263. The molecule has 0 aliphatic heterocycles. The first-order valence-electron chi connectivity index (χ1n) is 7.88. The van der Waals surface area contributed by atoms with Gasteiger partial charge in [-0.05, 0) is 56.2 Å². The van der Waals surface area contributed by atoms with Gasteiger partial charge in [-0.1, -0.05) is 29.3 Å². The molecule has 0 aromatic heterocycles. The molecule has 2 atom stereocenters. The zero-order valence-corrected chi connectivity index (χ0v) is 14.4. The summed E-state index contributed by atoms with van der Waals surface area (Å²) in [6.45, 7) is 3.88. The van der Waals surface area contributed by atoms with E-state index in [9.17, 15) is 9.59 Å². The smallest absolute Gasteiger partial charge is 0.228 e. The second-order valence-corrected chi connectivity index (χ2v) is 6.69. The van der Waals surface area contributed by atoms with Crippen molar-refractivity contribution < 1.29 is 9.59 Å². The molecule has 0 radical (unpaired) electrons. The summed E-state index contributed by atoms with van der Waals surface area (Å²) in [4.78, 5) is 24.5. The predicted molar refractivity (Wildman–Crippen MR) is 96.2 cm³/mol. The lowest BCUT2D eigenvalue weighted by Gasteiger charge is -2.09. The Labute approximate surface area is 146 Å². The molecule has 1 saturated carbocycles. The van der Waals surface area contributed by atoms with Gasteiger partial charge in [0.15, 0.2) is 0 Å². The number of rotatable bonds is 4. The molecule has 5 heteroatoms.